The molecule has 0 amide bonds. The minimum Gasteiger partial charge on any atom is -0.383 e. The number of hydrogen-bond donors (Lipinski definition) is 0. The Hall–Kier alpha value is -0.910. The Morgan fingerprint density at radius 3 is 2.64 bits per heavy atom. The van der Waals surface area contributed by atoms with Gasteiger partial charge in [-0.15, -0.1) is 0 Å². The Balaban J connectivity index is 1.42. The molecule has 5 nitrogen and oxygen atoms in total. The largest absolute Gasteiger partial charge is 0.383 e. The summed E-state index contributed by atoms with van der Waals surface area (Å²) in [5.41, 5.74) is 0. The molecule has 2 fully saturated rings. The maximum absolute atomic E-state index is 5.17. The van der Waals surface area contributed by atoms with Crippen molar-refractivity contribution in [1.29, 1.82) is 0 Å². The van der Waals surface area contributed by atoms with E-state index in [1.54, 1.807) is 7.11 Å². The fourth-order valence-corrected chi connectivity index (χ4v) is 3.74. The molecular formula is C17H30N4O. The van der Waals surface area contributed by atoms with E-state index < -0.39 is 0 Å². The minimum absolute atomic E-state index is 0.751. The van der Waals surface area contributed by atoms with Gasteiger partial charge >= 0.3 is 0 Å². The zero-order chi connectivity index (χ0) is 15.2. The van der Waals surface area contributed by atoms with Crippen LogP contribution < -0.4 is 0 Å². The third-order valence-corrected chi connectivity index (χ3v) is 5.13. The molecule has 3 heterocycles. The van der Waals surface area contributed by atoms with E-state index in [1.165, 1.54) is 64.2 Å². The molecule has 0 spiro atoms. The second-order valence-electron chi connectivity index (χ2n) is 6.76. The standard InChI is InChI=1S/C17H30N4O/c1-22-13-12-21-11-6-18-17(21)15-20-9-4-16(5-10-20)14-19-7-2-3-8-19/h6,11,16H,2-5,7-10,12-15H2,1H3. The van der Waals surface area contributed by atoms with Crippen LogP contribution in [0.25, 0.3) is 0 Å². The highest BCUT2D eigenvalue weighted by Gasteiger charge is 2.23. The first-order valence-electron chi connectivity index (χ1n) is 8.79. The lowest BCUT2D eigenvalue weighted by atomic mass is 9.96. The zero-order valence-electron chi connectivity index (χ0n) is 13.9. The normalized spacial score (nSPS) is 21.7. The molecule has 0 N–H and O–H groups in total. The molecule has 1 aromatic rings. The maximum Gasteiger partial charge on any atom is 0.122 e. The molecule has 0 unspecified atom stereocenters. The van der Waals surface area contributed by atoms with Gasteiger partial charge in [0, 0.05) is 32.6 Å². The Kier molecular flexibility index (Phi) is 5.87. The summed E-state index contributed by atoms with van der Waals surface area (Å²) in [6, 6.07) is 0. The molecule has 1 aromatic heterocycles. The molecule has 0 saturated carbocycles. The van der Waals surface area contributed by atoms with Crippen molar-refractivity contribution in [3.05, 3.63) is 18.2 Å². The van der Waals surface area contributed by atoms with Crippen LogP contribution in [0.5, 0.6) is 0 Å². The van der Waals surface area contributed by atoms with Crippen LogP contribution in [0.1, 0.15) is 31.5 Å². The fraction of sp³-hybridized carbons (Fsp3) is 0.824. The summed E-state index contributed by atoms with van der Waals surface area (Å²) >= 11 is 0. The van der Waals surface area contributed by atoms with Gasteiger partial charge in [0.2, 0.25) is 0 Å². The van der Waals surface area contributed by atoms with Gasteiger partial charge in [-0.2, -0.15) is 0 Å². The van der Waals surface area contributed by atoms with E-state index in [4.69, 9.17) is 4.74 Å². The lowest BCUT2D eigenvalue weighted by molar-refractivity contribution is 0.143. The molecule has 2 saturated heterocycles. The zero-order valence-corrected chi connectivity index (χ0v) is 13.9. The van der Waals surface area contributed by atoms with E-state index in [0.717, 1.165) is 25.6 Å². The van der Waals surface area contributed by atoms with Crippen molar-refractivity contribution in [3.8, 4) is 0 Å². The van der Waals surface area contributed by atoms with Crippen LogP contribution in [0.4, 0.5) is 0 Å². The summed E-state index contributed by atoms with van der Waals surface area (Å²) in [7, 11) is 1.75. The first-order valence-corrected chi connectivity index (χ1v) is 8.79. The van der Waals surface area contributed by atoms with Crippen molar-refractivity contribution in [3.63, 3.8) is 0 Å². The Morgan fingerprint density at radius 1 is 1.14 bits per heavy atom. The monoisotopic (exact) mass is 306 g/mol. The summed E-state index contributed by atoms with van der Waals surface area (Å²) in [4.78, 5) is 9.75. The van der Waals surface area contributed by atoms with Gasteiger partial charge < -0.3 is 14.2 Å². The molecule has 0 aliphatic carbocycles. The van der Waals surface area contributed by atoms with Crippen LogP contribution in [0.15, 0.2) is 12.4 Å². The molecule has 22 heavy (non-hydrogen) atoms. The maximum atomic E-state index is 5.17. The molecule has 0 atom stereocenters. The molecule has 0 bridgehead atoms. The van der Waals surface area contributed by atoms with Crippen LogP contribution in [-0.4, -0.2) is 65.8 Å². The number of ether oxygens (including phenoxy) is 1. The van der Waals surface area contributed by atoms with Crippen molar-refractivity contribution >= 4 is 0 Å². The number of methoxy groups -OCH3 is 1. The van der Waals surface area contributed by atoms with Crippen molar-refractivity contribution in [2.24, 2.45) is 5.92 Å². The van der Waals surface area contributed by atoms with Crippen molar-refractivity contribution in [2.75, 3.05) is 46.4 Å². The second-order valence-corrected chi connectivity index (χ2v) is 6.76. The van der Waals surface area contributed by atoms with Crippen LogP contribution in [0, 0.1) is 5.92 Å². The van der Waals surface area contributed by atoms with Crippen LogP contribution in [0.3, 0.4) is 0 Å². The predicted molar refractivity (Wildman–Crippen MR) is 87.8 cm³/mol. The topological polar surface area (TPSA) is 33.5 Å². The molecular weight excluding hydrogens is 276 g/mol. The van der Waals surface area contributed by atoms with Gasteiger partial charge in [-0.1, -0.05) is 0 Å². The summed E-state index contributed by atoms with van der Waals surface area (Å²) in [6.07, 6.45) is 9.47. The highest BCUT2D eigenvalue weighted by molar-refractivity contribution is 4.93. The number of aromatic nitrogens is 2. The Bertz CT molecular complexity index is 434. The molecule has 0 aromatic carbocycles. The quantitative estimate of drug-likeness (QED) is 0.770. The van der Waals surface area contributed by atoms with Gasteiger partial charge in [0.15, 0.2) is 0 Å². The Morgan fingerprint density at radius 2 is 1.91 bits per heavy atom. The first kappa shape index (κ1) is 16.0. The molecule has 2 aliphatic heterocycles. The third-order valence-electron chi connectivity index (χ3n) is 5.13. The Labute approximate surface area is 134 Å². The average molecular weight is 306 g/mol. The molecule has 5 heteroatoms. The predicted octanol–water partition coefficient (Wildman–Crippen LogP) is 1.84. The number of imidazole rings is 1. The average Bonchev–Trinajstić information content (AvgIpc) is 3.19. The van der Waals surface area contributed by atoms with Crippen molar-refractivity contribution < 1.29 is 4.74 Å². The number of piperidine rings is 1. The molecule has 3 rings (SSSR count). The van der Waals surface area contributed by atoms with E-state index in [2.05, 4.69) is 25.5 Å². The highest BCUT2D eigenvalue weighted by atomic mass is 16.5. The summed E-state index contributed by atoms with van der Waals surface area (Å²) in [6.45, 7) is 9.06. The summed E-state index contributed by atoms with van der Waals surface area (Å²) < 4.78 is 7.39. The van der Waals surface area contributed by atoms with E-state index >= 15 is 0 Å². The van der Waals surface area contributed by atoms with Gasteiger partial charge in [-0.25, -0.2) is 4.98 Å². The summed E-state index contributed by atoms with van der Waals surface area (Å²) in [5.74, 6) is 2.08. The number of rotatable bonds is 7. The highest BCUT2D eigenvalue weighted by Crippen LogP contribution is 2.21. The van der Waals surface area contributed by atoms with Gasteiger partial charge in [-0.3, -0.25) is 4.90 Å². The second kappa shape index (κ2) is 8.09. The fourth-order valence-electron chi connectivity index (χ4n) is 3.74. The lowest BCUT2D eigenvalue weighted by Gasteiger charge is -2.33. The van der Waals surface area contributed by atoms with Crippen molar-refractivity contribution in [1.82, 2.24) is 19.4 Å². The lowest BCUT2D eigenvalue weighted by Crippen LogP contribution is -2.38. The van der Waals surface area contributed by atoms with Crippen molar-refractivity contribution in [2.45, 2.75) is 38.8 Å². The molecule has 0 radical (unpaired) electrons. The SMILES string of the molecule is COCCn1ccnc1CN1CCC(CN2CCCC2)CC1. The number of hydrogen-bond acceptors (Lipinski definition) is 4. The number of nitrogens with zero attached hydrogens (tertiary/aromatic N) is 4. The van der Waals surface area contributed by atoms with E-state index in [-0.39, 0.29) is 0 Å². The molecule has 2 aliphatic rings. The van der Waals surface area contributed by atoms with E-state index in [0.29, 0.717) is 0 Å². The van der Waals surface area contributed by atoms with E-state index in [9.17, 15) is 0 Å². The third kappa shape index (κ3) is 4.31. The van der Waals surface area contributed by atoms with Crippen LogP contribution >= 0.6 is 0 Å². The minimum atomic E-state index is 0.751. The number of likely N-dealkylation sites (tertiary alicyclic amines) is 2. The van der Waals surface area contributed by atoms with Crippen LogP contribution in [-0.2, 0) is 17.8 Å². The van der Waals surface area contributed by atoms with Crippen LogP contribution in [0.2, 0.25) is 0 Å². The van der Waals surface area contributed by atoms with Gasteiger partial charge in [-0.05, 0) is 57.8 Å². The van der Waals surface area contributed by atoms with Gasteiger partial charge in [0.1, 0.15) is 5.82 Å². The van der Waals surface area contributed by atoms with Gasteiger partial charge in [0.05, 0.1) is 13.2 Å². The van der Waals surface area contributed by atoms with E-state index in [1.807, 2.05) is 6.20 Å². The summed E-state index contributed by atoms with van der Waals surface area (Å²) in [5, 5.41) is 0. The molecule has 124 valence electrons. The first-order chi connectivity index (χ1) is 10.8. The smallest absolute Gasteiger partial charge is 0.122 e. The van der Waals surface area contributed by atoms with Gasteiger partial charge in [0.25, 0.3) is 0 Å².